The summed E-state index contributed by atoms with van der Waals surface area (Å²) in [5.74, 6) is -1.35. The Bertz CT molecular complexity index is 889. The molecule has 0 saturated carbocycles. The van der Waals surface area contributed by atoms with Crippen LogP contribution in [-0.2, 0) is 16.0 Å². The van der Waals surface area contributed by atoms with Gasteiger partial charge < -0.3 is 15.8 Å². The van der Waals surface area contributed by atoms with E-state index in [1.165, 1.54) is 6.07 Å². The lowest BCUT2D eigenvalue weighted by Crippen LogP contribution is -2.30. The van der Waals surface area contributed by atoms with Gasteiger partial charge in [0.25, 0.3) is 11.6 Å². The van der Waals surface area contributed by atoms with Crippen molar-refractivity contribution in [2.45, 2.75) is 6.42 Å². The van der Waals surface area contributed by atoms with E-state index in [0.717, 1.165) is 17.7 Å². The van der Waals surface area contributed by atoms with Crippen LogP contribution in [0.2, 0.25) is 10.0 Å². The summed E-state index contributed by atoms with van der Waals surface area (Å²) < 4.78 is 4.87. The van der Waals surface area contributed by atoms with Crippen LogP contribution in [-0.4, -0.2) is 30.0 Å². The highest BCUT2D eigenvalue weighted by atomic mass is 35.5. The summed E-state index contributed by atoms with van der Waals surface area (Å²) in [6, 6.07) is 8.41. The number of halogens is 2. The summed E-state index contributed by atoms with van der Waals surface area (Å²) in [6.45, 7) is -0.221. The van der Waals surface area contributed by atoms with E-state index >= 15 is 0 Å². The monoisotopic (exact) mass is 411 g/mol. The number of hydrogen-bond acceptors (Lipinski definition) is 6. The second kappa shape index (κ2) is 9.20. The summed E-state index contributed by atoms with van der Waals surface area (Å²) >= 11 is 11.9. The molecule has 0 atom stereocenters. The van der Waals surface area contributed by atoms with Gasteiger partial charge in [0.15, 0.2) is 6.61 Å². The number of rotatable bonds is 7. The van der Waals surface area contributed by atoms with Crippen molar-refractivity contribution < 1.29 is 19.2 Å². The summed E-state index contributed by atoms with van der Waals surface area (Å²) in [6.07, 6.45) is 0.477. The van der Waals surface area contributed by atoms with Crippen molar-refractivity contribution in [3.63, 3.8) is 0 Å². The second-order valence-electron chi connectivity index (χ2n) is 5.44. The van der Waals surface area contributed by atoms with E-state index in [2.05, 4.69) is 5.32 Å². The number of nitrogens with zero attached hydrogens (tertiary/aromatic N) is 1. The minimum absolute atomic E-state index is 0.0543. The SMILES string of the molecule is Nc1cc([N+](=O)[O-])ccc1C(=O)OCC(=O)NCCc1ccc(Cl)cc1Cl. The molecule has 3 N–H and O–H groups in total. The van der Waals surface area contributed by atoms with Crippen LogP contribution in [0.4, 0.5) is 11.4 Å². The fraction of sp³-hybridized carbons (Fsp3) is 0.176. The predicted molar refractivity (Wildman–Crippen MR) is 101 cm³/mol. The Morgan fingerprint density at radius 2 is 1.93 bits per heavy atom. The van der Waals surface area contributed by atoms with Crippen LogP contribution < -0.4 is 11.1 Å². The molecule has 1 amide bonds. The maximum atomic E-state index is 11.9. The van der Waals surface area contributed by atoms with Gasteiger partial charge >= 0.3 is 5.97 Å². The van der Waals surface area contributed by atoms with Crippen molar-refractivity contribution in [2.75, 3.05) is 18.9 Å². The number of nitrogens with two attached hydrogens (primary N) is 1. The van der Waals surface area contributed by atoms with Crippen molar-refractivity contribution in [3.05, 3.63) is 67.7 Å². The fourth-order valence-corrected chi connectivity index (χ4v) is 2.67. The zero-order chi connectivity index (χ0) is 20.0. The van der Waals surface area contributed by atoms with Crippen LogP contribution in [0.3, 0.4) is 0 Å². The highest BCUT2D eigenvalue weighted by molar-refractivity contribution is 6.35. The number of carbonyl (C=O) groups excluding carboxylic acids is 2. The molecule has 0 radical (unpaired) electrons. The number of amides is 1. The lowest BCUT2D eigenvalue weighted by molar-refractivity contribution is -0.384. The van der Waals surface area contributed by atoms with E-state index in [-0.39, 0.29) is 23.5 Å². The first-order valence-electron chi connectivity index (χ1n) is 7.69. The Morgan fingerprint density at radius 1 is 1.19 bits per heavy atom. The molecule has 0 fully saturated rings. The zero-order valence-electron chi connectivity index (χ0n) is 13.9. The molecule has 0 aromatic heterocycles. The molecule has 10 heteroatoms. The van der Waals surface area contributed by atoms with Crippen LogP contribution in [0.25, 0.3) is 0 Å². The van der Waals surface area contributed by atoms with Crippen LogP contribution in [0.15, 0.2) is 36.4 Å². The molecule has 0 aliphatic heterocycles. The summed E-state index contributed by atoms with van der Waals surface area (Å²) in [5, 5.41) is 14.3. The summed E-state index contributed by atoms with van der Waals surface area (Å²) in [5.41, 5.74) is 6.02. The van der Waals surface area contributed by atoms with Crippen molar-refractivity contribution in [1.29, 1.82) is 0 Å². The molecule has 0 heterocycles. The lowest BCUT2D eigenvalue weighted by Gasteiger charge is -2.09. The molecule has 0 aliphatic carbocycles. The number of esters is 1. The van der Waals surface area contributed by atoms with Crippen molar-refractivity contribution in [2.24, 2.45) is 0 Å². The second-order valence-corrected chi connectivity index (χ2v) is 6.28. The molecule has 2 rings (SSSR count). The normalized spacial score (nSPS) is 10.3. The lowest BCUT2D eigenvalue weighted by atomic mass is 10.1. The standard InChI is InChI=1S/C17H15Cl2N3O5/c18-11-2-1-10(14(19)7-11)5-6-21-16(23)9-27-17(24)13-4-3-12(22(25)26)8-15(13)20/h1-4,7-8H,5-6,9,20H2,(H,21,23). The van der Waals surface area contributed by atoms with Crippen LogP contribution in [0.5, 0.6) is 0 Å². The molecule has 27 heavy (non-hydrogen) atoms. The van der Waals surface area contributed by atoms with Gasteiger partial charge in [-0.25, -0.2) is 4.79 Å². The predicted octanol–water partition coefficient (Wildman–Crippen LogP) is 3.00. The quantitative estimate of drug-likeness (QED) is 0.312. The number of hydrogen-bond donors (Lipinski definition) is 2. The minimum Gasteiger partial charge on any atom is -0.452 e. The third kappa shape index (κ3) is 5.83. The van der Waals surface area contributed by atoms with Crippen molar-refractivity contribution in [1.82, 2.24) is 5.32 Å². The molecule has 2 aromatic rings. The molecule has 0 saturated heterocycles. The number of nitrogen functional groups attached to an aromatic ring is 1. The van der Waals surface area contributed by atoms with Gasteiger partial charge in [0.05, 0.1) is 16.2 Å². The average molecular weight is 412 g/mol. The first kappa shape index (κ1) is 20.5. The Morgan fingerprint density at radius 3 is 2.56 bits per heavy atom. The van der Waals surface area contributed by atoms with Crippen LogP contribution >= 0.6 is 23.2 Å². The highest BCUT2D eigenvalue weighted by Gasteiger charge is 2.16. The van der Waals surface area contributed by atoms with Gasteiger partial charge in [-0.1, -0.05) is 29.3 Å². The number of non-ortho nitro benzene ring substituents is 1. The average Bonchev–Trinajstić information content (AvgIpc) is 2.61. The number of nitrogens with one attached hydrogen (secondary N) is 1. The van der Waals surface area contributed by atoms with Gasteiger partial charge in [0.2, 0.25) is 0 Å². The van der Waals surface area contributed by atoms with E-state index in [0.29, 0.717) is 16.5 Å². The fourth-order valence-electron chi connectivity index (χ4n) is 2.17. The number of carbonyl (C=O) groups is 2. The van der Waals surface area contributed by atoms with Crippen molar-refractivity contribution in [3.8, 4) is 0 Å². The van der Waals surface area contributed by atoms with Crippen LogP contribution in [0.1, 0.15) is 15.9 Å². The minimum atomic E-state index is -0.849. The van der Waals surface area contributed by atoms with E-state index in [1.54, 1.807) is 18.2 Å². The number of nitro benzene ring substituents is 1. The molecule has 0 aliphatic rings. The van der Waals surface area contributed by atoms with E-state index in [9.17, 15) is 19.7 Å². The molecule has 0 unspecified atom stereocenters. The molecule has 142 valence electrons. The highest BCUT2D eigenvalue weighted by Crippen LogP contribution is 2.21. The number of ether oxygens (including phenoxy) is 1. The zero-order valence-corrected chi connectivity index (χ0v) is 15.4. The van der Waals surface area contributed by atoms with Gasteiger partial charge in [-0.15, -0.1) is 0 Å². The molecule has 0 bridgehead atoms. The first-order chi connectivity index (χ1) is 12.8. The van der Waals surface area contributed by atoms with Crippen molar-refractivity contribution >= 4 is 46.5 Å². The van der Waals surface area contributed by atoms with E-state index in [1.807, 2.05) is 0 Å². The number of anilines is 1. The van der Waals surface area contributed by atoms with Gasteiger partial charge in [-0.05, 0) is 30.2 Å². The Kier molecular flexibility index (Phi) is 6.98. The van der Waals surface area contributed by atoms with Crippen LogP contribution in [0, 0.1) is 10.1 Å². The molecule has 2 aromatic carbocycles. The van der Waals surface area contributed by atoms with E-state index < -0.39 is 23.4 Å². The summed E-state index contributed by atoms with van der Waals surface area (Å²) in [7, 11) is 0. The maximum absolute atomic E-state index is 11.9. The molecular weight excluding hydrogens is 397 g/mol. The van der Waals surface area contributed by atoms with Gasteiger partial charge in [-0.2, -0.15) is 0 Å². The summed E-state index contributed by atoms with van der Waals surface area (Å²) in [4.78, 5) is 33.7. The largest absolute Gasteiger partial charge is 0.452 e. The molecule has 8 nitrogen and oxygen atoms in total. The third-order valence-corrected chi connectivity index (χ3v) is 4.12. The van der Waals surface area contributed by atoms with Gasteiger partial charge in [0.1, 0.15) is 0 Å². The van der Waals surface area contributed by atoms with E-state index in [4.69, 9.17) is 33.7 Å². The molecular formula is C17H15Cl2N3O5. The maximum Gasteiger partial charge on any atom is 0.340 e. The number of benzene rings is 2. The smallest absolute Gasteiger partial charge is 0.340 e. The van der Waals surface area contributed by atoms with Gasteiger partial charge in [0, 0.05) is 28.7 Å². The Balaban J connectivity index is 1.81. The first-order valence-corrected chi connectivity index (χ1v) is 8.45. The Labute approximate surface area is 164 Å². The third-order valence-electron chi connectivity index (χ3n) is 3.53. The topological polar surface area (TPSA) is 125 Å². The number of nitro groups is 1. The van der Waals surface area contributed by atoms with Gasteiger partial charge in [-0.3, -0.25) is 14.9 Å². The molecule has 0 spiro atoms. The Hall–Kier alpha value is -2.84.